The van der Waals surface area contributed by atoms with Gasteiger partial charge in [0.05, 0.1) is 5.02 Å². The average Bonchev–Trinajstić information content (AvgIpc) is 2.81. The first kappa shape index (κ1) is 23.2. The van der Waals surface area contributed by atoms with Crippen molar-refractivity contribution in [1.29, 1.82) is 0 Å². The van der Waals surface area contributed by atoms with Crippen molar-refractivity contribution in [3.8, 4) is 11.1 Å². The first-order valence-electron chi connectivity index (χ1n) is 12.2. The van der Waals surface area contributed by atoms with E-state index >= 15 is 4.39 Å². The molecule has 170 valence electrons. The second-order valence-electron chi connectivity index (χ2n) is 9.53. The zero-order chi connectivity index (χ0) is 22.5. The molecule has 0 bridgehead atoms. The Balaban J connectivity index is 1.38. The summed E-state index contributed by atoms with van der Waals surface area (Å²) in [4.78, 5) is 0. The fourth-order valence-corrected chi connectivity index (χ4v) is 5.36. The topological polar surface area (TPSA) is 0 Å². The van der Waals surface area contributed by atoms with Crippen LogP contribution in [0.4, 0.5) is 8.78 Å². The lowest BCUT2D eigenvalue weighted by molar-refractivity contribution is 0.249. The van der Waals surface area contributed by atoms with E-state index in [4.69, 9.17) is 11.6 Å². The number of rotatable bonds is 8. The third-order valence-corrected chi connectivity index (χ3v) is 7.58. The van der Waals surface area contributed by atoms with Gasteiger partial charge in [-0.2, -0.15) is 0 Å². The molecule has 0 heterocycles. The third kappa shape index (κ3) is 5.52. The SMILES string of the molecule is CCCCCC1CCC(CCc2ccc3c(F)c(-c4ccc(Cl)c(F)c4)ccc3c2)CC1. The molecule has 1 aliphatic rings. The van der Waals surface area contributed by atoms with Crippen molar-refractivity contribution in [3.63, 3.8) is 0 Å². The lowest BCUT2D eigenvalue weighted by Gasteiger charge is -2.28. The van der Waals surface area contributed by atoms with Crippen molar-refractivity contribution in [1.82, 2.24) is 0 Å². The van der Waals surface area contributed by atoms with Crippen molar-refractivity contribution >= 4 is 22.4 Å². The number of aryl methyl sites for hydroxylation is 1. The molecule has 1 aliphatic carbocycles. The molecule has 0 radical (unpaired) electrons. The van der Waals surface area contributed by atoms with Gasteiger partial charge in [-0.3, -0.25) is 0 Å². The van der Waals surface area contributed by atoms with Gasteiger partial charge in [0.1, 0.15) is 11.6 Å². The van der Waals surface area contributed by atoms with Crippen molar-refractivity contribution in [3.05, 3.63) is 70.8 Å². The Morgan fingerprint density at radius 3 is 2.31 bits per heavy atom. The standard InChI is InChI=1S/C29H33ClF2/c1-2-3-4-5-20-6-8-21(9-7-20)10-11-22-12-15-25-23(18-22)13-16-26(29(25)32)24-14-17-27(30)28(31)19-24/h12-21H,2-11H2,1H3. The summed E-state index contributed by atoms with van der Waals surface area (Å²) in [5.74, 6) is 0.933. The highest BCUT2D eigenvalue weighted by atomic mass is 35.5. The van der Waals surface area contributed by atoms with E-state index in [-0.39, 0.29) is 10.8 Å². The summed E-state index contributed by atoms with van der Waals surface area (Å²) in [5, 5.41) is 1.52. The van der Waals surface area contributed by atoms with Crippen LogP contribution in [0.15, 0.2) is 48.5 Å². The van der Waals surface area contributed by atoms with Crippen LogP contribution >= 0.6 is 11.6 Å². The van der Waals surface area contributed by atoms with Gasteiger partial charge in [0.15, 0.2) is 0 Å². The molecular formula is C29H33ClF2. The molecule has 1 saturated carbocycles. The Bertz CT molecular complexity index is 1050. The Kier molecular flexibility index (Phi) is 7.84. The van der Waals surface area contributed by atoms with Crippen LogP contribution in [0.3, 0.4) is 0 Å². The number of benzene rings is 3. The summed E-state index contributed by atoms with van der Waals surface area (Å²) in [7, 11) is 0. The summed E-state index contributed by atoms with van der Waals surface area (Å²) in [6, 6.07) is 14.1. The second kappa shape index (κ2) is 10.8. The maximum absolute atomic E-state index is 15.2. The lowest BCUT2D eigenvalue weighted by Crippen LogP contribution is -2.15. The normalized spacial score (nSPS) is 18.9. The number of halogens is 3. The van der Waals surface area contributed by atoms with Crippen molar-refractivity contribution in [2.75, 3.05) is 0 Å². The zero-order valence-corrected chi connectivity index (χ0v) is 19.7. The Morgan fingerprint density at radius 1 is 0.844 bits per heavy atom. The molecule has 1 fully saturated rings. The van der Waals surface area contributed by atoms with Gasteiger partial charge < -0.3 is 0 Å². The predicted octanol–water partition coefficient (Wildman–Crippen LogP) is 9.76. The molecule has 3 heteroatoms. The monoisotopic (exact) mass is 454 g/mol. The Labute approximate surface area is 196 Å². The van der Waals surface area contributed by atoms with Crippen molar-refractivity contribution in [2.45, 2.75) is 71.1 Å². The van der Waals surface area contributed by atoms with E-state index in [9.17, 15) is 4.39 Å². The van der Waals surface area contributed by atoms with E-state index in [0.29, 0.717) is 16.5 Å². The molecule has 0 N–H and O–H groups in total. The largest absolute Gasteiger partial charge is 0.206 e. The van der Waals surface area contributed by atoms with Gasteiger partial charge in [0, 0.05) is 10.9 Å². The van der Waals surface area contributed by atoms with Crippen LogP contribution in [0, 0.1) is 23.5 Å². The smallest absolute Gasteiger partial charge is 0.142 e. The molecule has 0 aliphatic heterocycles. The van der Waals surface area contributed by atoms with E-state index in [2.05, 4.69) is 13.0 Å². The molecule has 3 aromatic rings. The van der Waals surface area contributed by atoms with Crippen LogP contribution in [-0.2, 0) is 6.42 Å². The first-order chi connectivity index (χ1) is 15.5. The quantitative estimate of drug-likeness (QED) is 0.297. The van der Waals surface area contributed by atoms with Crippen LogP contribution in [-0.4, -0.2) is 0 Å². The second-order valence-corrected chi connectivity index (χ2v) is 9.94. The van der Waals surface area contributed by atoms with Crippen LogP contribution in [0.25, 0.3) is 21.9 Å². The van der Waals surface area contributed by atoms with Crippen LogP contribution in [0.2, 0.25) is 5.02 Å². The molecule has 0 amide bonds. The van der Waals surface area contributed by atoms with Crippen LogP contribution in [0.1, 0.15) is 70.3 Å². The Hall–Kier alpha value is -1.93. The van der Waals surface area contributed by atoms with Gasteiger partial charge in [-0.25, -0.2) is 8.78 Å². The van der Waals surface area contributed by atoms with Crippen molar-refractivity contribution in [2.24, 2.45) is 11.8 Å². The predicted molar refractivity (Wildman–Crippen MR) is 132 cm³/mol. The maximum Gasteiger partial charge on any atom is 0.142 e. The van der Waals surface area contributed by atoms with Gasteiger partial charge in [-0.15, -0.1) is 0 Å². The number of unbranched alkanes of at least 4 members (excludes halogenated alkanes) is 2. The summed E-state index contributed by atoms with van der Waals surface area (Å²) in [6.07, 6.45) is 13.3. The third-order valence-electron chi connectivity index (χ3n) is 7.27. The van der Waals surface area contributed by atoms with Gasteiger partial charge in [0.25, 0.3) is 0 Å². The maximum atomic E-state index is 15.2. The minimum absolute atomic E-state index is 0.0459. The lowest BCUT2D eigenvalue weighted by atomic mass is 9.77. The van der Waals surface area contributed by atoms with Crippen molar-refractivity contribution < 1.29 is 8.78 Å². The van der Waals surface area contributed by atoms with Crippen LogP contribution < -0.4 is 0 Å². The van der Waals surface area contributed by atoms with Gasteiger partial charge in [-0.1, -0.05) is 106 Å². The van der Waals surface area contributed by atoms with E-state index in [1.54, 1.807) is 12.1 Å². The molecule has 0 unspecified atom stereocenters. The highest BCUT2D eigenvalue weighted by molar-refractivity contribution is 6.30. The number of hydrogen-bond acceptors (Lipinski definition) is 0. The van der Waals surface area contributed by atoms with E-state index in [1.165, 1.54) is 75.5 Å². The minimum Gasteiger partial charge on any atom is -0.206 e. The molecule has 0 atom stereocenters. The molecule has 0 aromatic heterocycles. The fraction of sp³-hybridized carbons (Fsp3) is 0.448. The summed E-state index contributed by atoms with van der Waals surface area (Å²) < 4.78 is 29.0. The molecular weight excluding hydrogens is 422 g/mol. The fourth-order valence-electron chi connectivity index (χ4n) is 5.25. The average molecular weight is 455 g/mol. The summed E-state index contributed by atoms with van der Waals surface area (Å²) in [6.45, 7) is 2.28. The molecule has 0 nitrogen and oxygen atoms in total. The first-order valence-corrected chi connectivity index (χ1v) is 12.6. The zero-order valence-electron chi connectivity index (χ0n) is 19.0. The Morgan fingerprint density at radius 2 is 1.59 bits per heavy atom. The van der Waals surface area contributed by atoms with E-state index in [1.807, 2.05) is 18.2 Å². The summed E-state index contributed by atoms with van der Waals surface area (Å²) >= 11 is 5.77. The minimum atomic E-state index is -0.533. The highest BCUT2D eigenvalue weighted by Gasteiger charge is 2.20. The molecule has 3 aromatic carbocycles. The van der Waals surface area contributed by atoms with Gasteiger partial charge in [0.2, 0.25) is 0 Å². The molecule has 4 rings (SSSR count). The number of fused-ring (bicyclic) bond motifs is 1. The van der Waals surface area contributed by atoms with E-state index in [0.717, 1.165) is 23.6 Å². The molecule has 0 saturated heterocycles. The van der Waals surface area contributed by atoms with Gasteiger partial charge in [-0.05, 0) is 53.3 Å². The van der Waals surface area contributed by atoms with E-state index < -0.39 is 5.82 Å². The highest BCUT2D eigenvalue weighted by Crippen LogP contribution is 2.35. The number of hydrogen-bond donors (Lipinski definition) is 0. The van der Waals surface area contributed by atoms with Crippen LogP contribution in [0.5, 0.6) is 0 Å². The molecule has 32 heavy (non-hydrogen) atoms. The molecule has 0 spiro atoms. The summed E-state index contributed by atoms with van der Waals surface area (Å²) in [5.41, 5.74) is 2.17. The van der Waals surface area contributed by atoms with Gasteiger partial charge >= 0.3 is 0 Å².